The summed E-state index contributed by atoms with van der Waals surface area (Å²) in [5.41, 5.74) is 7.43. The minimum Gasteiger partial charge on any atom is -0.473 e. The van der Waals surface area contributed by atoms with E-state index in [4.69, 9.17) is 9.84 Å². The van der Waals surface area contributed by atoms with E-state index in [1.165, 1.54) is 37.2 Å². The van der Waals surface area contributed by atoms with Crippen LogP contribution >= 0.6 is 0 Å². The number of nitrogens with zero attached hydrogens (tertiary/aromatic N) is 7. The molecule has 1 atom stereocenters. The van der Waals surface area contributed by atoms with Crippen molar-refractivity contribution in [3.63, 3.8) is 0 Å². The second-order valence-electron chi connectivity index (χ2n) is 10.5. The fourth-order valence-corrected chi connectivity index (χ4v) is 5.66. The quantitative estimate of drug-likeness (QED) is 0.459. The maximum absolute atomic E-state index is 6.46. The van der Waals surface area contributed by atoms with Gasteiger partial charge >= 0.3 is 0 Å². The Morgan fingerprint density at radius 1 is 1.11 bits per heavy atom. The van der Waals surface area contributed by atoms with Crippen molar-refractivity contribution in [2.75, 3.05) is 33.2 Å². The number of ether oxygens (including phenoxy) is 1. The van der Waals surface area contributed by atoms with Crippen LogP contribution in [0.5, 0.6) is 5.88 Å². The van der Waals surface area contributed by atoms with Gasteiger partial charge in [-0.2, -0.15) is 15.3 Å². The number of aromatic nitrogens is 6. The molecule has 0 unspecified atom stereocenters. The minimum absolute atomic E-state index is 0.0187. The average Bonchev–Trinajstić information content (AvgIpc) is 3.65. The molecule has 0 saturated carbocycles. The predicted molar refractivity (Wildman–Crippen MR) is 146 cm³/mol. The maximum atomic E-state index is 6.46. The third-order valence-electron chi connectivity index (χ3n) is 7.65. The lowest BCUT2D eigenvalue weighted by molar-refractivity contribution is 0.148. The second kappa shape index (κ2) is 9.79. The molecular weight excluding hydrogens is 464 g/mol. The Morgan fingerprint density at radius 2 is 1.95 bits per heavy atom. The lowest BCUT2D eigenvalue weighted by Gasteiger charge is -2.22. The first-order valence-electron chi connectivity index (χ1n) is 13.3. The molecule has 2 bridgehead atoms. The molecule has 1 aromatic carbocycles. The molecule has 9 nitrogen and oxygen atoms in total. The van der Waals surface area contributed by atoms with Gasteiger partial charge in [0, 0.05) is 43.3 Å². The maximum Gasteiger partial charge on any atom is 0.219 e. The predicted octanol–water partition coefficient (Wildman–Crippen LogP) is 3.95. The lowest BCUT2D eigenvalue weighted by atomic mass is 10.0. The summed E-state index contributed by atoms with van der Waals surface area (Å²) in [6, 6.07) is 6.35. The molecule has 194 valence electrons. The Bertz CT molecular complexity index is 1440. The van der Waals surface area contributed by atoms with Crippen LogP contribution in [0.25, 0.3) is 34.2 Å². The average molecular weight is 501 g/mol. The van der Waals surface area contributed by atoms with Crippen LogP contribution in [0.3, 0.4) is 0 Å². The normalized spacial score (nSPS) is 19.9. The van der Waals surface area contributed by atoms with Crippen molar-refractivity contribution in [1.82, 2.24) is 39.6 Å². The van der Waals surface area contributed by atoms with Crippen LogP contribution < -0.4 is 4.74 Å². The first kappa shape index (κ1) is 23.9. The highest BCUT2D eigenvalue weighted by atomic mass is 16.5. The lowest BCUT2D eigenvalue weighted by Crippen LogP contribution is -2.31. The van der Waals surface area contributed by atoms with Gasteiger partial charge in [-0.3, -0.25) is 14.7 Å². The van der Waals surface area contributed by atoms with E-state index in [0.717, 1.165) is 65.5 Å². The third-order valence-corrected chi connectivity index (χ3v) is 7.65. The molecule has 6 rings (SSSR count). The van der Waals surface area contributed by atoms with E-state index in [1.807, 2.05) is 17.9 Å². The van der Waals surface area contributed by atoms with Crippen molar-refractivity contribution in [2.24, 2.45) is 7.05 Å². The van der Waals surface area contributed by atoms with E-state index >= 15 is 0 Å². The molecule has 0 aliphatic carbocycles. The molecular formula is C28H36N8O. The number of rotatable bonds is 3. The zero-order valence-corrected chi connectivity index (χ0v) is 22.2. The fraction of sp³-hybridized carbons (Fsp3) is 0.464. The van der Waals surface area contributed by atoms with Gasteiger partial charge in [-0.25, -0.2) is 4.68 Å². The Kier molecular flexibility index (Phi) is 6.34. The van der Waals surface area contributed by atoms with Crippen molar-refractivity contribution >= 4 is 23.1 Å². The molecule has 1 saturated heterocycles. The summed E-state index contributed by atoms with van der Waals surface area (Å²) in [5, 5.41) is 18.5. The van der Waals surface area contributed by atoms with Gasteiger partial charge in [0.1, 0.15) is 6.10 Å². The van der Waals surface area contributed by atoms with Crippen molar-refractivity contribution in [3.05, 3.63) is 47.0 Å². The van der Waals surface area contributed by atoms with Gasteiger partial charge in [0.05, 0.1) is 35.2 Å². The van der Waals surface area contributed by atoms with Crippen LogP contribution in [0, 0.1) is 6.92 Å². The van der Waals surface area contributed by atoms with Crippen LogP contribution in [0.2, 0.25) is 0 Å². The topological polar surface area (TPSA) is 80.0 Å². The van der Waals surface area contributed by atoms with Gasteiger partial charge in [0.2, 0.25) is 5.88 Å². The smallest absolute Gasteiger partial charge is 0.219 e. The fourth-order valence-electron chi connectivity index (χ4n) is 5.66. The monoisotopic (exact) mass is 500 g/mol. The number of hydrogen-bond donors (Lipinski definition) is 1. The SMILES string of the molecule is Cc1c2c(nn1CCN1CCCC1)CN(C)C[C@H](C)Oc1c(cnn1C)-c1ccc3[nH]nc(c3c1)/C=C/2. The van der Waals surface area contributed by atoms with Crippen LogP contribution in [0.4, 0.5) is 0 Å². The third kappa shape index (κ3) is 4.69. The number of likely N-dealkylation sites (tertiary alicyclic amines) is 1. The number of likely N-dealkylation sites (N-methyl/N-ethyl adjacent to an activating group) is 1. The molecule has 37 heavy (non-hydrogen) atoms. The number of aromatic amines is 1. The molecule has 2 aliphatic rings. The first-order chi connectivity index (χ1) is 18.0. The van der Waals surface area contributed by atoms with E-state index in [2.05, 4.69) is 81.0 Å². The van der Waals surface area contributed by atoms with E-state index < -0.39 is 0 Å². The summed E-state index contributed by atoms with van der Waals surface area (Å²) in [7, 11) is 4.06. The van der Waals surface area contributed by atoms with Gasteiger partial charge in [0.15, 0.2) is 0 Å². The molecule has 0 amide bonds. The first-order valence-corrected chi connectivity index (χ1v) is 13.3. The Morgan fingerprint density at radius 3 is 2.78 bits per heavy atom. The molecule has 9 heteroatoms. The zero-order chi connectivity index (χ0) is 25.5. The molecule has 1 N–H and O–H groups in total. The number of aryl methyl sites for hydroxylation is 1. The number of hydrogen-bond acceptors (Lipinski definition) is 6. The zero-order valence-electron chi connectivity index (χ0n) is 22.2. The van der Waals surface area contributed by atoms with E-state index in [1.54, 1.807) is 0 Å². The summed E-state index contributed by atoms with van der Waals surface area (Å²) >= 11 is 0. The molecule has 0 spiro atoms. The Labute approximate surface area is 217 Å². The van der Waals surface area contributed by atoms with Crippen molar-refractivity contribution < 1.29 is 4.74 Å². The van der Waals surface area contributed by atoms with Crippen LogP contribution in [-0.4, -0.2) is 78.9 Å². The Hall–Kier alpha value is -3.43. The number of H-pyrrole nitrogens is 1. The Balaban J connectivity index is 1.41. The summed E-state index contributed by atoms with van der Waals surface area (Å²) in [4.78, 5) is 4.83. The highest BCUT2D eigenvalue weighted by molar-refractivity contribution is 5.93. The van der Waals surface area contributed by atoms with Gasteiger partial charge in [-0.15, -0.1) is 0 Å². The molecule has 5 heterocycles. The number of nitrogens with one attached hydrogen (secondary N) is 1. The molecule has 4 aromatic rings. The van der Waals surface area contributed by atoms with E-state index in [9.17, 15) is 0 Å². The van der Waals surface area contributed by atoms with Gasteiger partial charge < -0.3 is 9.64 Å². The summed E-state index contributed by atoms with van der Waals surface area (Å²) < 4.78 is 10.5. The van der Waals surface area contributed by atoms with Crippen molar-refractivity contribution in [2.45, 2.75) is 45.9 Å². The largest absolute Gasteiger partial charge is 0.473 e. The van der Waals surface area contributed by atoms with Crippen molar-refractivity contribution in [3.8, 4) is 17.0 Å². The van der Waals surface area contributed by atoms with Crippen molar-refractivity contribution in [1.29, 1.82) is 0 Å². The highest BCUT2D eigenvalue weighted by Gasteiger charge is 2.21. The number of benzene rings is 1. The standard InChI is InChI=1S/C28H36N8O/c1-19-17-33(3)18-27-22(20(2)36(32-27)14-13-35-11-5-6-12-35)8-10-26-23-15-21(7-9-25(23)30-31-26)24-16-29-34(4)28(24)37-19/h7-10,15-16,19H,5-6,11-14,17-18H2,1-4H3,(H,30,31)/b10-8+/t19-/m0/s1. The minimum atomic E-state index is -0.0187. The van der Waals surface area contributed by atoms with Gasteiger partial charge in [0.25, 0.3) is 0 Å². The molecule has 3 aromatic heterocycles. The summed E-state index contributed by atoms with van der Waals surface area (Å²) in [6.45, 7) is 10.2. The van der Waals surface area contributed by atoms with Crippen LogP contribution in [0.15, 0.2) is 24.4 Å². The van der Waals surface area contributed by atoms with Gasteiger partial charge in [-0.05, 0) is 76.7 Å². The summed E-state index contributed by atoms with van der Waals surface area (Å²) in [6.07, 6.45) is 8.78. The molecule has 0 radical (unpaired) electrons. The number of fused-ring (bicyclic) bond motifs is 4. The molecule has 2 aliphatic heterocycles. The highest BCUT2D eigenvalue weighted by Crippen LogP contribution is 2.33. The van der Waals surface area contributed by atoms with Crippen LogP contribution in [-0.2, 0) is 20.1 Å². The summed E-state index contributed by atoms with van der Waals surface area (Å²) in [5.74, 6) is 0.776. The van der Waals surface area contributed by atoms with Gasteiger partial charge in [-0.1, -0.05) is 6.07 Å². The van der Waals surface area contributed by atoms with E-state index in [0.29, 0.717) is 0 Å². The second-order valence-corrected chi connectivity index (χ2v) is 10.5. The van der Waals surface area contributed by atoms with E-state index in [-0.39, 0.29) is 6.10 Å². The molecule has 1 fully saturated rings. The van der Waals surface area contributed by atoms with Crippen LogP contribution in [0.1, 0.15) is 42.4 Å².